The van der Waals surface area contributed by atoms with Crippen molar-refractivity contribution in [2.45, 2.75) is 45.0 Å². The fraction of sp³-hybridized carbons (Fsp3) is 0.304. The van der Waals surface area contributed by atoms with Gasteiger partial charge in [0.15, 0.2) is 5.69 Å². The van der Waals surface area contributed by atoms with E-state index in [1.807, 2.05) is 55.5 Å². The van der Waals surface area contributed by atoms with E-state index in [4.69, 9.17) is 4.74 Å². The van der Waals surface area contributed by atoms with Crippen LogP contribution in [0.1, 0.15) is 44.0 Å². The molecule has 1 aliphatic rings. The first-order valence-electron chi connectivity index (χ1n) is 10.1. The Labute approximate surface area is 180 Å². The van der Waals surface area contributed by atoms with Crippen LogP contribution in [0.2, 0.25) is 0 Å². The summed E-state index contributed by atoms with van der Waals surface area (Å²) in [7, 11) is 0. The quantitative estimate of drug-likeness (QED) is 0.418. The van der Waals surface area contributed by atoms with Gasteiger partial charge in [0.25, 0.3) is 0 Å². The topological polar surface area (TPSA) is 68.2 Å². The molecule has 0 aliphatic carbocycles. The highest BCUT2D eigenvalue weighted by atomic mass is 32.2. The van der Waals surface area contributed by atoms with Crippen LogP contribution < -0.4 is 9.64 Å². The average molecular weight is 421 g/mol. The minimum absolute atomic E-state index is 0.118. The number of fused-ring (bicyclic) bond motifs is 3. The maximum absolute atomic E-state index is 12.8. The van der Waals surface area contributed by atoms with Crippen molar-refractivity contribution in [2.24, 2.45) is 0 Å². The van der Waals surface area contributed by atoms with E-state index in [9.17, 15) is 4.79 Å². The lowest BCUT2D eigenvalue weighted by Gasteiger charge is -2.30. The molecule has 4 rings (SSSR count). The molecule has 0 N–H and O–H groups in total. The summed E-state index contributed by atoms with van der Waals surface area (Å²) in [6.45, 7) is 5.72. The summed E-state index contributed by atoms with van der Waals surface area (Å²) in [6.07, 6.45) is 1.55. The van der Waals surface area contributed by atoms with Crippen LogP contribution in [-0.4, -0.2) is 26.8 Å². The van der Waals surface area contributed by atoms with Gasteiger partial charge in [-0.25, -0.2) is 0 Å². The third-order valence-electron chi connectivity index (χ3n) is 4.91. The number of hydrogen-bond acceptors (Lipinski definition) is 6. The number of anilines is 1. The molecular formula is C23H24N4O2S. The number of carbonyl (C=O) groups is 1. The van der Waals surface area contributed by atoms with Gasteiger partial charge in [0.2, 0.25) is 23.2 Å². The van der Waals surface area contributed by atoms with Gasteiger partial charge in [-0.05, 0) is 19.4 Å². The van der Waals surface area contributed by atoms with Crippen LogP contribution in [0.15, 0.2) is 53.7 Å². The Kier molecular flexibility index (Phi) is 5.99. The van der Waals surface area contributed by atoms with Crippen LogP contribution >= 0.6 is 11.8 Å². The Bertz CT molecular complexity index is 1070. The fourth-order valence-electron chi connectivity index (χ4n) is 3.46. The second-order valence-electron chi connectivity index (χ2n) is 7.24. The molecule has 2 heterocycles. The van der Waals surface area contributed by atoms with E-state index in [-0.39, 0.29) is 5.91 Å². The SMILES string of the molecule is CCCCSc1nnc2c(n1)OC(c1cccc(C)c1)N(C(C)=O)c1ccccc1-2. The molecule has 0 spiro atoms. The van der Waals surface area contributed by atoms with E-state index < -0.39 is 6.23 Å². The van der Waals surface area contributed by atoms with E-state index in [0.29, 0.717) is 16.7 Å². The van der Waals surface area contributed by atoms with Gasteiger partial charge in [0.05, 0.1) is 5.69 Å². The maximum Gasteiger partial charge on any atom is 0.247 e. The van der Waals surface area contributed by atoms with E-state index >= 15 is 0 Å². The van der Waals surface area contributed by atoms with Crippen molar-refractivity contribution < 1.29 is 9.53 Å². The lowest BCUT2D eigenvalue weighted by Crippen LogP contribution is -2.36. The number of rotatable bonds is 5. The number of aromatic nitrogens is 3. The predicted octanol–water partition coefficient (Wildman–Crippen LogP) is 5.18. The largest absolute Gasteiger partial charge is 0.447 e. The standard InChI is InChI=1S/C23H24N4O2S/c1-4-5-13-30-23-24-21-20(25-26-23)18-11-6-7-12-19(18)27(16(3)28)22(29-21)17-10-8-9-15(2)14-17/h6-12,14,22H,4-5,13H2,1-3H3. The highest BCUT2D eigenvalue weighted by molar-refractivity contribution is 7.99. The normalized spacial score (nSPS) is 15.0. The van der Waals surface area contributed by atoms with Crippen molar-refractivity contribution in [3.63, 3.8) is 0 Å². The molecule has 1 amide bonds. The van der Waals surface area contributed by atoms with Gasteiger partial charge in [0, 0.05) is 23.8 Å². The maximum atomic E-state index is 12.8. The van der Waals surface area contributed by atoms with Crippen molar-refractivity contribution in [3.8, 4) is 17.1 Å². The summed E-state index contributed by atoms with van der Waals surface area (Å²) in [6, 6.07) is 15.6. The molecule has 1 unspecified atom stereocenters. The molecule has 0 saturated carbocycles. The molecule has 0 fully saturated rings. The van der Waals surface area contributed by atoms with Crippen LogP contribution in [0.3, 0.4) is 0 Å². The number of amides is 1. The molecule has 7 heteroatoms. The van der Waals surface area contributed by atoms with Gasteiger partial charge in [-0.2, -0.15) is 4.98 Å². The first-order chi connectivity index (χ1) is 14.6. The van der Waals surface area contributed by atoms with Gasteiger partial charge < -0.3 is 4.74 Å². The predicted molar refractivity (Wildman–Crippen MR) is 119 cm³/mol. The van der Waals surface area contributed by atoms with Crippen LogP contribution in [0, 0.1) is 6.92 Å². The molecule has 1 aromatic heterocycles. The number of unbranched alkanes of at least 4 members (excludes halogenated alkanes) is 1. The highest BCUT2D eigenvalue weighted by Crippen LogP contribution is 2.43. The monoisotopic (exact) mass is 420 g/mol. The molecule has 154 valence electrons. The van der Waals surface area contributed by atoms with E-state index in [1.54, 1.807) is 23.6 Å². The Morgan fingerprint density at radius 1 is 1.17 bits per heavy atom. The molecule has 0 radical (unpaired) electrons. The zero-order valence-corrected chi connectivity index (χ0v) is 18.1. The summed E-state index contributed by atoms with van der Waals surface area (Å²) in [4.78, 5) is 19.1. The van der Waals surface area contributed by atoms with Crippen molar-refractivity contribution >= 4 is 23.4 Å². The Balaban J connectivity index is 1.86. The molecular weight excluding hydrogens is 396 g/mol. The zero-order chi connectivity index (χ0) is 21.1. The molecule has 0 saturated heterocycles. The summed E-state index contributed by atoms with van der Waals surface area (Å²) < 4.78 is 6.38. The number of aryl methyl sites for hydroxylation is 1. The first kappa shape index (κ1) is 20.3. The number of para-hydroxylation sites is 1. The fourth-order valence-corrected chi connectivity index (χ4v) is 4.32. The number of nitrogens with zero attached hydrogens (tertiary/aromatic N) is 4. The molecule has 1 atom stereocenters. The van der Waals surface area contributed by atoms with Crippen LogP contribution in [-0.2, 0) is 4.79 Å². The van der Waals surface area contributed by atoms with Crippen molar-refractivity contribution in [1.29, 1.82) is 0 Å². The zero-order valence-electron chi connectivity index (χ0n) is 17.3. The molecule has 6 nitrogen and oxygen atoms in total. The summed E-state index contributed by atoms with van der Waals surface area (Å²) in [5.41, 5.74) is 4.04. The number of hydrogen-bond donors (Lipinski definition) is 0. The summed E-state index contributed by atoms with van der Waals surface area (Å²) in [5, 5.41) is 9.33. The Morgan fingerprint density at radius 2 is 2.00 bits per heavy atom. The Morgan fingerprint density at radius 3 is 2.77 bits per heavy atom. The van der Waals surface area contributed by atoms with E-state index in [2.05, 4.69) is 22.1 Å². The highest BCUT2D eigenvalue weighted by Gasteiger charge is 2.34. The van der Waals surface area contributed by atoms with Gasteiger partial charge in [-0.15, -0.1) is 10.2 Å². The average Bonchev–Trinajstić information content (AvgIpc) is 2.88. The summed E-state index contributed by atoms with van der Waals surface area (Å²) >= 11 is 1.57. The minimum Gasteiger partial charge on any atom is -0.447 e. The second kappa shape index (κ2) is 8.83. The summed E-state index contributed by atoms with van der Waals surface area (Å²) in [5.74, 6) is 1.20. The molecule has 1 aliphatic heterocycles. The van der Waals surface area contributed by atoms with E-state index in [1.165, 1.54) is 0 Å². The lowest BCUT2D eigenvalue weighted by molar-refractivity contribution is -0.118. The molecule has 30 heavy (non-hydrogen) atoms. The van der Waals surface area contributed by atoms with Crippen LogP contribution in [0.25, 0.3) is 11.3 Å². The Hall–Kier alpha value is -2.93. The molecule has 2 aromatic carbocycles. The minimum atomic E-state index is -0.644. The van der Waals surface area contributed by atoms with Gasteiger partial charge in [0.1, 0.15) is 0 Å². The number of benzene rings is 2. The first-order valence-corrected chi connectivity index (χ1v) is 11.1. The van der Waals surface area contributed by atoms with E-state index in [0.717, 1.165) is 41.0 Å². The number of thioether (sulfide) groups is 1. The third-order valence-corrected chi connectivity index (χ3v) is 5.83. The lowest BCUT2D eigenvalue weighted by atomic mass is 10.1. The smallest absolute Gasteiger partial charge is 0.247 e. The van der Waals surface area contributed by atoms with Crippen molar-refractivity contribution in [3.05, 3.63) is 59.7 Å². The van der Waals surface area contributed by atoms with Crippen molar-refractivity contribution in [1.82, 2.24) is 15.2 Å². The van der Waals surface area contributed by atoms with Gasteiger partial charge in [-0.3, -0.25) is 9.69 Å². The molecule has 0 bridgehead atoms. The van der Waals surface area contributed by atoms with Crippen molar-refractivity contribution in [2.75, 3.05) is 10.7 Å². The van der Waals surface area contributed by atoms with Gasteiger partial charge >= 0.3 is 0 Å². The van der Waals surface area contributed by atoms with Gasteiger partial charge in [-0.1, -0.05) is 73.1 Å². The second-order valence-corrected chi connectivity index (χ2v) is 8.30. The molecule has 3 aromatic rings. The van der Waals surface area contributed by atoms with Crippen LogP contribution in [0.5, 0.6) is 5.88 Å². The number of ether oxygens (including phenoxy) is 1. The third kappa shape index (κ3) is 4.03. The number of carbonyl (C=O) groups excluding carboxylic acids is 1. The van der Waals surface area contributed by atoms with Crippen LogP contribution in [0.4, 0.5) is 5.69 Å².